The number of nitrogens with one attached hydrogen (secondary N) is 1. The van der Waals surface area contributed by atoms with Crippen molar-refractivity contribution < 1.29 is 5.11 Å². The molecular formula is C22H24N4O2. The summed E-state index contributed by atoms with van der Waals surface area (Å²) in [6.07, 6.45) is 4.38. The summed E-state index contributed by atoms with van der Waals surface area (Å²) < 4.78 is 1.66. The second-order valence-electron chi connectivity index (χ2n) is 7.24. The van der Waals surface area contributed by atoms with Crippen LogP contribution in [0.25, 0.3) is 11.3 Å². The van der Waals surface area contributed by atoms with Crippen LogP contribution in [0.4, 0.5) is 5.82 Å². The lowest BCUT2D eigenvalue weighted by atomic mass is 10.0. The predicted octanol–water partition coefficient (Wildman–Crippen LogP) is 2.71. The highest BCUT2D eigenvalue weighted by Crippen LogP contribution is 2.30. The third-order valence-electron chi connectivity index (χ3n) is 5.21. The summed E-state index contributed by atoms with van der Waals surface area (Å²) in [5, 5.41) is 13.8. The third kappa shape index (κ3) is 3.77. The highest BCUT2D eigenvalue weighted by molar-refractivity contribution is 5.68. The second-order valence-corrected chi connectivity index (χ2v) is 7.24. The van der Waals surface area contributed by atoms with Gasteiger partial charge in [0.25, 0.3) is 5.56 Å². The molecule has 1 saturated heterocycles. The Bertz CT molecular complexity index is 1020. The van der Waals surface area contributed by atoms with Gasteiger partial charge in [0.2, 0.25) is 0 Å². The summed E-state index contributed by atoms with van der Waals surface area (Å²) in [5.74, 6) is 0.0756. The molecule has 6 heteroatoms. The zero-order valence-electron chi connectivity index (χ0n) is 15.6. The smallest absolute Gasteiger partial charge is 0.293 e. The van der Waals surface area contributed by atoms with Crippen LogP contribution in [0.2, 0.25) is 0 Å². The van der Waals surface area contributed by atoms with E-state index in [0.717, 1.165) is 37.9 Å². The van der Waals surface area contributed by atoms with Crippen molar-refractivity contribution in [2.75, 3.05) is 18.8 Å². The van der Waals surface area contributed by atoms with Gasteiger partial charge in [0.15, 0.2) is 5.82 Å². The molecule has 3 aromatic rings. The molecule has 0 aliphatic carbocycles. The van der Waals surface area contributed by atoms with Gasteiger partial charge >= 0.3 is 0 Å². The number of aromatic nitrogens is 2. The van der Waals surface area contributed by atoms with E-state index in [1.54, 1.807) is 16.8 Å². The van der Waals surface area contributed by atoms with Gasteiger partial charge in [-0.2, -0.15) is 0 Å². The number of rotatable bonds is 4. The van der Waals surface area contributed by atoms with E-state index in [1.807, 2.05) is 30.3 Å². The van der Waals surface area contributed by atoms with Crippen molar-refractivity contribution >= 4 is 5.82 Å². The maximum absolute atomic E-state index is 12.5. The van der Waals surface area contributed by atoms with E-state index < -0.39 is 0 Å². The molecule has 1 aromatic heterocycles. The molecule has 0 bridgehead atoms. The number of benzene rings is 2. The Hall–Kier alpha value is -3.12. The van der Waals surface area contributed by atoms with Gasteiger partial charge in [-0.15, -0.1) is 0 Å². The molecule has 2 heterocycles. The normalized spacial score (nSPS) is 16.8. The number of nitrogens with two attached hydrogens (primary N) is 1. The first-order valence-electron chi connectivity index (χ1n) is 9.57. The van der Waals surface area contributed by atoms with E-state index in [1.165, 1.54) is 5.56 Å². The van der Waals surface area contributed by atoms with Gasteiger partial charge in [-0.05, 0) is 49.1 Å². The van der Waals surface area contributed by atoms with Crippen LogP contribution in [0.15, 0.2) is 59.5 Å². The van der Waals surface area contributed by atoms with Crippen LogP contribution in [0.5, 0.6) is 5.75 Å². The van der Waals surface area contributed by atoms with E-state index in [9.17, 15) is 9.90 Å². The number of anilines is 1. The number of hydrogen-bond acceptors (Lipinski definition) is 5. The highest BCUT2D eigenvalue weighted by atomic mass is 16.3. The average molecular weight is 376 g/mol. The topological polar surface area (TPSA) is 93.2 Å². The van der Waals surface area contributed by atoms with Gasteiger partial charge in [-0.25, -0.2) is 4.98 Å². The van der Waals surface area contributed by atoms with Gasteiger partial charge in [-0.1, -0.05) is 36.4 Å². The summed E-state index contributed by atoms with van der Waals surface area (Å²) in [6, 6.07) is 15.7. The van der Waals surface area contributed by atoms with E-state index in [-0.39, 0.29) is 23.2 Å². The molecule has 144 valence electrons. The summed E-state index contributed by atoms with van der Waals surface area (Å²) >= 11 is 0. The third-order valence-corrected chi connectivity index (χ3v) is 5.21. The minimum atomic E-state index is -0.280. The van der Waals surface area contributed by atoms with Crippen molar-refractivity contribution in [1.82, 2.24) is 14.9 Å². The van der Waals surface area contributed by atoms with Gasteiger partial charge < -0.3 is 20.7 Å². The van der Waals surface area contributed by atoms with Crippen molar-refractivity contribution in [2.45, 2.75) is 25.3 Å². The molecule has 0 spiro atoms. The molecule has 0 radical (unpaired) electrons. The molecule has 2 aromatic carbocycles. The van der Waals surface area contributed by atoms with E-state index in [0.29, 0.717) is 11.3 Å². The van der Waals surface area contributed by atoms with E-state index in [4.69, 9.17) is 5.73 Å². The van der Waals surface area contributed by atoms with Crippen LogP contribution in [0.3, 0.4) is 0 Å². The number of phenolic OH excluding ortho intramolecular Hbond substituents is 1. The van der Waals surface area contributed by atoms with E-state index >= 15 is 0 Å². The average Bonchev–Trinajstić information content (AvgIpc) is 2.73. The first-order chi connectivity index (χ1) is 13.6. The van der Waals surface area contributed by atoms with Crippen LogP contribution in [0, 0.1) is 0 Å². The Balaban J connectivity index is 1.73. The molecule has 1 fully saturated rings. The first-order valence-corrected chi connectivity index (χ1v) is 9.57. The number of nitrogens with zero attached hydrogens (tertiary/aromatic N) is 2. The molecular weight excluding hydrogens is 352 g/mol. The predicted molar refractivity (Wildman–Crippen MR) is 110 cm³/mol. The molecule has 4 N–H and O–H groups in total. The number of piperidine rings is 1. The molecule has 1 unspecified atom stereocenters. The molecule has 1 aliphatic rings. The largest absolute Gasteiger partial charge is 0.507 e. The van der Waals surface area contributed by atoms with Crippen molar-refractivity contribution in [3.05, 3.63) is 76.2 Å². The Morgan fingerprint density at radius 2 is 2.00 bits per heavy atom. The molecule has 6 nitrogen and oxygen atoms in total. The Kier molecular flexibility index (Phi) is 5.12. The fourth-order valence-electron chi connectivity index (χ4n) is 3.73. The highest BCUT2D eigenvalue weighted by Gasteiger charge is 2.19. The van der Waals surface area contributed by atoms with Crippen molar-refractivity contribution in [3.63, 3.8) is 0 Å². The number of hydrogen-bond donors (Lipinski definition) is 3. The minimum absolute atomic E-state index is 0.0416. The van der Waals surface area contributed by atoms with E-state index in [2.05, 4.69) is 22.4 Å². The Morgan fingerprint density at radius 3 is 2.75 bits per heavy atom. The van der Waals surface area contributed by atoms with Crippen molar-refractivity contribution in [3.8, 4) is 17.0 Å². The summed E-state index contributed by atoms with van der Waals surface area (Å²) in [7, 11) is 0. The van der Waals surface area contributed by atoms with Gasteiger partial charge in [0.1, 0.15) is 5.75 Å². The molecule has 28 heavy (non-hydrogen) atoms. The molecule has 0 saturated carbocycles. The van der Waals surface area contributed by atoms with Crippen LogP contribution >= 0.6 is 0 Å². The quantitative estimate of drug-likeness (QED) is 0.651. The minimum Gasteiger partial charge on any atom is -0.507 e. The zero-order chi connectivity index (χ0) is 19.5. The Morgan fingerprint density at radius 1 is 1.18 bits per heavy atom. The fraction of sp³-hybridized carbons (Fsp3) is 0.273. The zero-order valence-corrected chi connectivity index (χ0v) is 15.6. The SMILES string of the molecule is Nc1nc(-c2cc(Cc3ccccc3)ccc2O)cn(C2CCCNC2)c1=O. The Labute approximate surface area is 163 Å². The van der Waals surface area contributed by atoms with Crippen LogP contribution in [-0.4, -0.2) is 27.7 Å². The van der Waals surface area contributed by atoms with Gasteiger partial charge in [-0.3, -0.25) is 4.79 Å². The lowest BCUT2D eigenvalue weighted by Gasteiger charge is -2.25. The van der Waals surface area contributed by atoms with Gasteiger partial charge in [0, 0.05) is 24.3 Å². The molecule has 1 atom stereocenters. The first kappa shape index (κ1) is 18.3. The summed E-state index contributed by atoms with van der Waals surface area (Å²) in [6.45, 7) is 1.68. The monoisotopic (exact) mass is 376 g/mol. The molecule has 4 rings (SSSR count). The fourth-order valence-corrected chi connectivity index (χ4v) is 3.73. The number of phenols is 1. The second kappa shape index (κ2) is 7.86. The lowest BCUT2D eigenvalue weighted by Crippen LogP contribution is -2.37. The van der Waals surface area contributed by atoms with Crippen LogP contribution in [-0.2, 0) is 6.42 Å². The number of nitrogen functional groups attached to an aromatic ring is 1. The molecule has 1 aliphatic heterocycles. The standard InChI is InChI=1S/C22H24N4O2/c23-21-22(28)26(17-7-4-10-24-13-17)14-19(25-21)18-12-16(8-9-20(18)27)11-15-5-2-1-3-6-15/h1-3,5-6,8-9,12,14,17,24,27H,4,7,10-11,13H2,(H2,23,25). The van der Waals surface area contributed by atoms with Crippen LogP contribution < -0.4 is 16.6 Å². The molecule has 0 amide bonds. The lowest BCUT2D eigenvalue weighted by molar-refractivity contribution is 0.364. The van der Waals surface area contributed by atoms with Crippen molar-refractivity contribution in [1.29, 1.82) is 0 Å². The van der Waals surface area contributed by atoms with Gasteiger partial charge in [0.05, 0.1) is 5.69 Å². The maximum Gasteiger partial charge on any atom is 0.293 e. The maximum atomic E-state index is 12.5. The summed E-state index contributed by atoms with van der Waals surface area (Å²) in [4.78, 5) is 16.8. The summed E-state index contributed by atoms with van der Waals surface area (Å²) in [5.41, 5.74) is 8.98. The van der Waals surface area contributed by atoms with Crippen LogP contribution in [0.1, 0.15) is 30.0 Å². The van der Waals surface area contributed by atoms with Crippen molar-refractivity contribution in [2.24, 2.45) is 0 Å². The number of aromatic hydroxyl groups is 1.